The molecule has 0 bridgehead atoms. The zero-order chi connectivity index (χ0) is 20.4. The molecule has 1 amide bonds. The minimum absolute atomic E-state index is 0.0861. The number of benzene rings is 2. The van der Waals surface area contributed by atoms with Crippen LogP contribution in [-0.4, -0.2) is 33.8 Å². The first-order valence-corrected chi connectivity index (χ1v) is 9.35. The molecule has 0 aliphatic heterocycles. The summed E-state index contributed by atoms with van der Waals surface area (Å²) in [5, 5.41) is 2.93. The van der Waals surface area contributed by atoms with Gasteiger partial charge >= 0.3 is 0 Å². The summed E-state index contributed by atoms with van der Waals surface area (Å²) in [6, 6.07) is 13.9. The SMILES string of the molecule is COc1cc(OC)c(CCNC(=O)/C=C(/C)CCc2ccccc2)c(OC)c1. The predicted octanol–water partition coefficient (Wildman–Crippen LogP) is 3.95. The van der Waals surface area contributed by atoms with Crippen LogP contribution < -0.4 is 19.5 Å². The Kier molecular flexibility index (Phi) is 8.40. The number of ether oxygens (including phenoxy) is 3. The molecule has 0 radical (unpaired) electrons. The van der Waals surface area contributed by atoms with Crippen molar-refractivity contribution in [3.05, 3.63) is 65.2 Å². The van der Waals surface area contributed by atoms with Crippen LogP contribution in [0.4, 0.5) is 0 Å². The predicted molar refractivity (Wildman–Crippen MR) is 111 cm³/mol. The van der Waals surface area contributed by atoms with Gasteiger partial charge in [-0.1, -0.05) is 35.9 Å². The zero-order valence-electron chi connectivity index (χ0n) is 17.1. The highest BCUT2D eigenvalue weighted by atomic mass is 16.5. The Labute approximate surface area is 167 Å². The van der Waals surface area contributed by atoms with E-state index in [0.717, 1.165) is 24.0 Å². The normalized spacial score (nSPS) is 11.1. The third-order valence-electron chi connectivity index (χ3n) is 4.52. The number of nitrogens with one attached hydrogen (secondary N) is 1. The number of aryl methyl sites for hydroxylation is 1. The smallest absolute Gasteiger partial charge is 0.243 e. The van der Waals surface area contributed by atoms with Gasteiger partial charge in [0.1, 0.15) is 17.2 Å². The molecule has 0 spiro atoms. The zero-order valence-corrected chi connectivity index (χ0v) is 17.1. The van der Waals surface area contributed by atoms with Gasteiger partial charge in [-0.05, 0) is 31.7 Å². The minimum Gasteiger partial charge on any atom is -0.496 e. The van der Waals surface area contributed by atoms with Gasteiger partial charge in [0.25, 0.3) is 0 Å². The summed E-state index contributed by atoms with van der Waals surface area (Å²) >= 11 is 0. The first kappa shape index (κ1) is 21.4. The molecule has 0 unspecified atom stereocenters. The lowest BCUT2D eigenvalue weighted by atomic mass is 10.1. The van der Waals surface area contributed by atoms with Gasteiger partial charge in [0.2, 0.25) is 5.91 Å². The molecule has 0 saturated carbocycles. The second-order valence-corrected chi connectivity index (χ2v) is 6.53. The third-order valence-corrected chi connectivity index (χ3v) is 4.52. The summed E-state index contributed by atoms with van der Waals surface area (Å²) < 4.78 is 16.1. The summed E-state index contributed by atoms with van der Waals surface area (Å²) in [5.41, 5.74) is 3.23. The lowest BCUT2D eigenvalue weighted by molar-refractivity contribution is -0.116. The number of hydrogen-bond acceptors (Lipinski definition) is 4. The van der Waals surface area contributed by atoms with Gasteiger partial charge < -0.3 is 19.5 Å². The van der Waals surface area contributed by atoms with E-state index in [1.807, 2.05) is 37.3 Å². The summed E-state index contributed by atoms with van der Waals surface area (Å²) in [4.78, 5) is 12.2. The molecule has 2 rings (SSSR count). The van der Waals surface area contributed by atoms with Crippen LogP contribution >= 0.6 is 0 Å². The molecule has 2 aromatic rings. The summed E-state index contributed by atoms with van der Waals surface area (Å²) in [6.07, 6.45) is 4.05. The molecule has 0 atom stereocenters. The van der Waals surface area contributed by atoms with Crippen molar-refractivity contribution < 1.29 is 19.0 Å². The summed E-state index contributed by atoms with van der Waals surface area (Å²) in [5.74, 6) is 1.94. The number of allylic oxidation sites excluding steroid dienone is 1. The maximum atomic E-state index is 12.2. The van der Waals surface area contributed by atoms with E-state index in [4.69, 9.17) is 14.2 Å². The monoisotopic (exact) mass is 383 g/mol. The lowest BCUT2D eigenvalue weighted by Crippen LogP contribution is -2.24. The van der Waals surface area contributed by atoms with Crippen molar-refractivity contribution in [2.24, 2.45) is 0 Å². The molecule has 0 heterocycles. The molecule has 0 saturated heterocycles. The fourth-order valence-electron chi connectivity index (χ4n) is 2.97. The van der Waals surface area contributed by atoms with Crippen molar-refractivity contribution in [2.75, 3.05) is 27.9 Å². The Hall–Kier alpha value is -2.95. The van der Waals surface area contributed by atoms with E-state index in [1.54, 1.807) is 27.4 Å². The molecule has 0 aliphatic carbocycles. The van der Waals surface area contributed by atoms with E-state index in [1.165, 1.54) is 5.56 Å². The highest BCUT2D eigenvalue weighted by molar-refractivity contribution is 5.88. The van der Waals surface area contributed by atoms with E-state index < -0.39 is 0 Å². The Morgan fingerprint density at radius 2 is 1.61 bits per heavy atom. The van der Waals surface area contributed by atoms with Gasteiger partial charge in [0.05, 0.1) is 21.3 Å². The van der Waals surface area contributed by atoms with Crippen molar-refractivity contribution in [2.45, 2.75) is 26.2 Å². The van der Waals surface area contributed by atoms with Gasteiger partial charge in [0.15, 0.2) is 0 Å². The quantitative estimate of drug-likeness (QED) is 0.631. The van der Waals surface area contributed by atoms with Gasteiger partial charge in [-0.3, -0.25) is 4.79 Å². The molecule has 5 heteroatoms. The Balaban J connectivity index is 1.89. The maximum Gasteiger partial charge on any atom is 0.243 e. The van der Waals surface area contributed by atoms with Crippen molar-refractivity contribution >= 4 is 5.91 Å². The van der Waals surface area contributed by atoms with Crippen LogP contribution in [0.25, 0.3) is 0 Å². The summed E-state index contributed by atoms with van der Waals surface area (Å²) in [6.45, 7) is 2.47. The lowest BCUT2D eigenvalue weighted by Gasteiger charge is -2.15. The second kappa shape index (κ2) is 11.0. The molecule has 1 N–H and O–H groups in total. The van der Waals surface area contributed by atoms with Crippen LogP contribution in [0.5, 0.6) is 17.2 Å². The van der Waals surface area contributed by atoms with Crippen LogP contribution in [0.15, 0.2) is 54.1 Å². The van der Waals surface area contributed by atoms with Gasteiger partial charge in [-0.15, -0.1) is 0 Å². The largest absolute Gasteiger partial charge is 0.496 e. The van der Waals surface area contributed by atoms with E-state index in [-0.39, 0.29) is 5.91 Å². The number of carbonyl (C=O) groups excluding carboxylic acids is 1. The number of carbonyl (C=O) groups is 1. The summed E-state index contributed by atoms with van der Waals surface area (Å²) in [7, 11) is 4.81. The van der Waals surface area contributed by atoms with Crippen molar-refractivity contribution in [3.63, 3.8) is 0 Å². The van der Waals surface area contributed by atoms with Gasteiger partial charge in [-0.2, -0.15) is 0 Å². The van der Waals surface area contributed by atoms with Crippen molar-refractivity contribution in [3.8, 4) is 17.2 Å². The Bertz CT molecular complexity index is 774. The standard InChI is InChI=1S/C23H29NO4/c1-17(10-11-18-8-6-5-7-9-18)14-23(25)24-13-12-20-21(27-3)15-19(26-2)16-22(20)28-4/h5-9,14-16H,10-13H2,1-4H3,(H,24,25)/b17-14-. The van der Waals surface area contributed by atoms with E-state index >= 15 is 0 Å². The minimum atomic E-state index is -0.0861. The third kappa shape index (κ3) is 6.34. The average molecular weight is 383 g/mol. The second-order valence-electron chi connectivity index (χ2n) is 6.53. The van der Waals surface area contributed by atoms with Crippen LogP contribution in [0.2, 0.25) is 0 Å². The molecule has 2 aromatic carbocycles. The van der Waals surface area contributed by atoms with Crippen LogP contribution in [0, 0.1) is 0 Å². The molecule has 150 valence electrons. The molecule has 0 aliphatic rings. The van der Waals surface area contributed by atoms with E-state index in [9.17, 15) is 4.79 Å². The average Bonchev–Trinajstić information content (AvgIpc) is 2.72. The number of methoxy groups -OCH3 is 3. The van der Waals surface area contributed by atoms with Crippen LogP contribution in [0.1, 0.15) is 24.5 Å². The fraction of sp³-hybridized carbons (Fsp3) is 0.348. The first-order chi connectivity index (χ1) is 13.6. The van der Waals surface area contributed by atoms with Gasteiger partial charge in [-0.25, -0.2) is 0 Å². The maximum absolute atomic E-state index is 12.2. The number of hydrogen-bond donors (Lipinski definition) is 1. The molecule has 5 nitrogen and oxygen atoms in total. The first-order valence-electron chi connectivity index (χ1n) is 9.35. The van der Waals surface area contributed by atoms with Crippen LogP contribution in [0.3, 0.4) is 0 Å². The van der Waals surface area contributed by atoms with Crippen molar-refractivity contribution in [1.82, 2.24) is 5.32 Å². The molecular formula is C23H29NO4. The fourth-order valence-corrected chi connectivity index (χ4v) is 2.97. The molecule has 0 aromatic heterocycles. The topological polar surface area (TPSA) is 56.8 Å². The molecule has 28 heavy (non-hydrogen) atoms. The Morgan fingerprint density at radius 3 is 2.18 bits per heavy atom. The molecular weight excluding hydrogens is 354 g/mol. The molecule has 0 fully saturated rings. The number of rotatable bonds is 10. The van der Waals surface area contributed by atoms with Crippen molar-refractivity contribution in [1.29, 1.82) is 0 Å². The van der Waals surface area contributed by atoms with E-state index in [0.29, 0.717) is 30.2 Å². The highest BCUT2D eigenvalue weighted by Gasteiger charge is 2.13. The Morgan fingerprint density at radius 1 is 0.964 bits per heavy atom. The van der Waals surface area contributed by atoms with E-state index in [2.05, 4.69) is 17.4 Å². The highest BCUT2D eigenvalue weighted by Crippen LogP contribution is 2.34. The van der Waals surface area contributed by atoms with Gasteiger partial charge in [0, 0.05) is 30.3 Å². The van der Waals surface area contributed by atoms with Crippen LogP contribution in [-0.2, 0) is 17.6 Å². The number of amides is 1.